The third-order valence-electron chi connectivity index (χ3n) is 5.27. The fourth-order valence-corrected chi connectivity index (χ4v) is 3.87. The number of fused-ring (bicyclic) bond motifs is 1. The topological polar surface area (TPSA) is 50.2 Å². The van der Waals surface area contributed by atoms with Gasteiger partial charge in [-0.05, 0) is 31.0 Å². The molecule has 128 valence electrons. The van der Waals surface area contributed by atoms with Crippen molar-refractivity contribution in [1.82, 2.24) is 9.80 Å². The van der Waals surface area contributed by atoms with Crippen molar-refractivity contribution in [3.63, 3.8) is 0 Å². The second-order valence-electron chi connectivity index (χ2n) is 7.09. The van der Waals surface area contributed by atoms with Crippen molar-refractivity contribution in [2.45, 2.75) is 38.1 Å². The first-order valence-corrected chi connectivity index (χ1v) is 8.64. The molecule has 0 saturated carbocycles. The fourth-order valence-electron chi connectivity index (χ4n) is 3.87. The van der Waals surface area contributed by atoms with Crippen LogP contribution in [0, 0.1) is 0 Å². The molecule has 2 aliphatic rings. The first-order valence-electron chi connectivity index (χ1n) is 8.64. The van der Waals surface area contributed by atoms with Gasteiger partial charge < -0.3 is 15.1 Å². The van der Waals surface area contributed by atoms with Crippen molar-refractivity contribution in [1.29, 1.82) is 0 Å². The monoisotopic (exact) mass is 319 g/mol. The Morgan fingerprint density at radius 3 is 2.61 bits per heavy atom. The van der Waals surface area contributed by atoms with Crippen LogP contribution in [-0.2, 0) is 6.54 Å². The van der Waals surface area contributed by atoms with E-state index in [1.165, 1.54) is 5.56 Å². The Morgan fingerprint density at radius 2 is 1.91 bits per heavy atom. The predicted octanol–water partition coefficient (Wildman–Crippen LogP) is 0.754. The smallest absolute Gasteiger partial charge is 0.0682 e. The number of aliphatic hydroxyl groups excluding tert-OH is 2. The summed E-state index contributed by atoms with van der Waals surface area (Å²) in [6.45, 7) is 7.02. The highest BCUT2D eigenvalue weighted by Gasteiger charge is 2.37. The number of benzene rings is 1. The van der Waals surface area contributed by atoms with Gasteiger partial charge in [0.05, 0.1) is 12.7 Å². The number of likely N-dealkylation sites (N-methyl/N-ethyl adjacent to an activating group) is 1. The van der Waals surface area contributed by atoms with Crippen LogP contribution in [0.25, 0.3) is 0 Å². The molecule has 1 aromatic rings. The van der Waals surface area contributed by atoms with Gasteiger partial charge in [-0.1, -0.05) is 12.1 Å². The number of hydrogen-bond acceptors (Lipinski definition) is 5. The van der Waals surface area contributed by atoms with Gasteiger partial charge in [-0.25, -0.2) is 0 Å². The number of anilines is 1. The molecular formula is C18H29N3O2. The highest BCUT2D eigenvalue weighted by atomic mass is 16.3. The molecule has 0 aliphatic carbocycles. The Hall–Kier alpha value is -1.14. The molecule has 0 aromatic heterocycles. The Bertz CT molecular complexity index is 507. The van der Waals surface area contributed by atoms with Crippen LogP contribution in [0.5, 0.6) is 0 Å². The van der Waals surface area contributed by atoms with Crippen LogP contribution in [0.4, 0.5) is 5.69 Å². The maximum absolute atomic E-state index is 9.87. The zero-order chi connectivity index (χ0) is 16.4. The maximum Gasteiger partial charge on any atom is 0.0682 e. The molecule has 1 unspecified atom stereocenters. The molecule has 2 heterocycles. The van der Waals surface area contributed by atoms with Crippen LogP contribution in [0.1, 0.15) is 18.9 Å². The first kappa shape index (κ1) is 16.7. The van der Waals surface area contributed by atoms with Crippen molar-refractivity contribution >= 4 is 5.69 Å². The van der Waals surface area contributed by atoms with E-state index in [4.69, 9.17) is 5.11 Å². The van der Waals surface area contributed by atoms with Crippen molar-refractivity contribution < 1.29 is 10.2 Å². The Morgan fingerprint density at radius 1 is 1.17 bits per heavy atom. The third-order valence-corrected chi connectivity index (χ3v) is 5.27. The van der Waals surface area contributed by atoms with Gasteiger partial charge in [0.2, 0.25) is 0 Å². The lowest BCUT2D eigenvalue weighted by atomic mass is 10.1. The molecule has 1 aromatic carbocycles. The van der Waals surface area contributed by atoms with Gasteiger partial charge in [0.25, 0.3) is 0 Å². The first-order chi connectivity index (χ1) is 11.1. The summed E-state index contributed by atoms with van der Waals surface area (Å²) in [5, 5.41) is 18.9. The standard InChI is InChI=1S/C18H29N3O2/c1-14-10-21-13-18(23)9-17(21)12-20(14)11-15-3-5-16(6-4-15)19(2)7-8-22/h3-6,14,17-18,22-23H,7-13H2,1-2H3/t14-,17?,18-/m1/s1. The van der Waals surface area contributed by atoms with E-state index in [1.807, 2.05) is 7.05 Å². The molecular weight excluding hydrogens is 290 g/mol. The number of hydrogen-bond donors (Lipinski definition) is 2. The Kier molecular flexibility index (Phi) is 5.21. The van der Waals surface area contributed by atoms with Crippen molar-refractivity contribution in [2.75, 3.05) is 44.7 Å². The summed E-state index contributed by atoms with van der Waals surface area (Å²) >= 11 is 0. The molecule has 3 rings (SSSR count). The van der Waals surface area contributed by atoms with E-state index in [-0.39, 0.29) is 12.7 Å². The largest absolute Gasteiger partial charge is 0.395 e. The number of rotatable bonds is 5. The average molecular weight is 319 g/mol. The summed E-state index contributed by atoms with van der Waals surface area (Å²) < 4.78 is 0. The molecule has 3 atom stereocenters. The van der Waals surface area contributed by atoms with Gasteiger partial charge in [0.1, 0.15) is 0 Å². The zero-order valence-corrected chi connectivity index (χ0v) is 14.2. The third kappa shape index (κ3) is 3.86. The van der Waals surface area contributed by atoms with Gasteiger partial charge in [-0.15, -0.1) is 0 Å². The van der Waals surface area contributed by atoms with Gasteiger partial charge in [0.15, 0.2) is 0 Å². The number of aliphatic hydroxyl groups is 2. The van der Waals surface area contributed by atoms with E-state index in [1.54, 1.807) is 0 Å². The Balaban J connectivity index is 1.60. The molecule has 5 heteroatoms. The maximum atomic E-state index is 9.87. The average Bonchev–Trinajstić information content (AvgIpc) is 2.87. The van der Waals surface area contributed by atoms with Gasteiger partial charge in [-0.3, -0.25) is 9.80 Å². The highest BCUT2D eigenvalue weighted by Crippen LogP contribution is 2.26. The molecule has 0 amide bonds. The number of piperazine rings is 1. The normalized spacial score (nSPS) is 28.8. The van der Waals surface area contributed by atoms with Gasteiger partial charge in [0, 0.05) is 57.5 Å². The lowest BCUT2D eigenvalue weighted by Crippen LogP contribution is -2.54. The minimum atomic E-state index is -0.145. The van der Waals surface area contributed by atoms with Crippen LogP contribution in [0.3, 0.4) is 0 Å². The molecule has 0 bridgehead atoms. The molecule has 2 aliphatic heterocycles. The molecule has 23 heavy (non-hydrogen) atoms. The van der Waals surface area contributed by atoms with Crippen LogP contribution in [-0.4, -0.2) is 78.0 Å². The van der Waals surface area contributed by atoms with Gasteiger partial charge in [-0.2, -0.15) is 0 Å². The van der Waals surface area contributed by atoms with E-state index in [0.29, 0.717) is 18.6 Å². The van der Waals surface area contributed by atoms with Crippen LogP contribution in [0.15, 0.2) is 24.3 Å². The van der Waals surface area contributed by atoms with E-state index in [0.717, 1.165) is 38.3 Å². The molecule has 0 spiro atoms. The van der Waals surface area contributed by atoms with E-state index < -0.39 is 0 Å². The minimum absolute atomic E-state index is 0.145. The van der Waals surface area contributed by atoms with Crippen LogP contribution in [0.2, 0.25) is 0 Å². The van der Waals surface area contributed by atoms with Crippen LogP contribution < -0.4 is 4.90 Å². The second kappa shape index (κ2) is 7.18. The lowest BCUT2D eigenvalue weighted by Gasteiger charge is -2.42. The lowest BCUT2D eigenvalue weighted by molar-refractivity contribution is 0.0528. The summed E-state index contributed by atoms with van der Waals surface area (Å²) in [5.74, 6) is 0. The quantitative estimate of drug-likeness (QED) is 0.839. The second-order valence-corrected chi connectivity index (χ2v) is 7.09. The summed E-state index contributed by atoms with van der Waals surface area (Å²) in [6.07, 6.45) is 0.766. The molecule has 0 radical (unpaired) electrons. The van der Waals surface area contributed by atoms with E-state index in [9.17, 15) is 5.11 Å². The summed E-state index contributed by atoms with van der Waals surface area (Å²) in [6, 6.07) is 9.66. The molecule has 5 nitrogen and oxygen atoms in total. The number of nitrogens with zero attached hydrogens (tertiary/aromatic N) is 3. The van der Waals surface area contributed by atoms with E-state index >= 15 is 0 Å². The zero-order valence-electron chi connectivity index (χ0n) is 14.2. The summed E-state index contributed by atoms with van der Waals surface area (Å²) in [4.78, 5) is 7.04. The SMILES string of the molecule is C[C@@H]1CN2C[C@H](O)CC2CN1Cc1ccc(N(C)CCO)cc1. The fraction of sp³-hybridized carbons (Fsp3) is 0.667. The molecule has 2 saturated heterocycles. The van der Waals surface area contributed by atoms with E-state index in [2.05, 4.69) is 45.9 Å². The predicted molar refractivity (Wildman–Crippen MR) is 92.7 cm³/mol. The highest BCUT2D eigenvalue weighted by molar-refractivity contribution is 5.46. The van der Waals surface area contributed by atoms with Crippen LogP contribution >= 0.6 is 0 Å². The van der Waals surface area contributed by atoms with Crippen molar-refractivity contribution in [2.24, 2.45) is 0 Å². The summed E-state index contributed by atoms with van der Waals surface area (Å²) in [7, 11) is 2.00. The molecule has 2 N–H and O–H groups in total. The minimum Gasteiger partial charge on any atom is -0.395 e. The van der Waals surface area contributed by atoms with Crippen molar-refractivity contribution in [3.8, 4) is 0 Å². The Labute approximate surface area is 139 Å². The van der Waals surface area contributed by atoms with Crippen molar-refractivity contribution in [3.05, 3.63) is 29.8 Å². The summed E-state index contributed by atoms with van der Waals surface area (Å²) in [5.41, 5.74) is 2.46. The molecule has 2 fully saturated rings. The van der Waals surface area contributed by atoms with Gasteiger partial charge >= 0.3 is 0 Å².